The van der Waals surface area contributed by atoms with Crippen molar-refractivity contribution in [1.82, 2.24) is 4.98 Å². The summed E-state index contributed by atoms with van der Waals surface area (Å²) in [7, 11) is 0. The lowest BCUT2D eigenvalue weighted by atomic mass is 9.91. The number of pyridine rings is 1. The van der Waals surface area contributed by atoms with Crippen molar-refractivity contribution in [3.05, 3.63) is 70.3 Å². The molecule has 1 aliphatic carbocycles. The van der Waals surface area contributed by atoms with E-state index in [2.05, 4.69) is 4.98 Å². The number of benzene rings is 1. The van der Waals surface area contributed by atoms with Gasteiger partial charge in [0.15, 0.2) is 0 Å². The van der Waals surface area contributed by atoms with Gasteiger partial charge in [-0.15, -0.1) is 0 Å². The number of hydrogen-bond acceptors (Lipinski definition) is 2. The zero-order valence-corrected chi connectivity index (χ0v) is 11.5. The first kappa shape index (κ1) is 13.5. The van der Waals surface area contributed by atoms with Crippen LogP contribution in [-0.4, -0.2) is 16.1 Å². The maximum absolute atomic E-state index is 13.0. The minimum atomic E-state index is -0.933. The third kappa shape index (κ3) is 2.44. The van der Waals surface area contributed by atoms with Crippen molar-refractivity contribution in [2.24, 2.45) is 0 Å². The van der Waals surface area contributed by atoms with Gasteiger partial charge in [0.2, 0.25) is 0 Å². The van der Waals surface area contributed by atoms with Crippen LogP contribution >= 0.6 is 0 Å². The Morgan fingerprint density at radius 1 is 1.29 bits per heavy atom. The molecule has 1 aromatic carbocycles. The SMILES string of the molecule is CC(C1=Cc2nccc(C(=O)O)c2C1)c1ccc(F)cc1. The van der Waals surface area contributed by atoms with Gasteiger partial charge >= 0.3 is 5.97 Å². The Morgan fingerprint density at radius 3 is 2.67 bits per heavy atom. The maximum atomic E-state index is 13.0. The molecule has 3 rings (SSSR count). The average Bonchev–Trinajstić information content (AvgIpc) is 2.90. The molecule has 4 heteroatoms. The van der Waals surface area contributed by atoms with Gasteiger partial charge in [0, 0.05) is 12.1 Å². The highest BCUT2D eigenvalue weighted by atomic mass is 19.1. The number of carboxylic acid groups (broad SMARTS) is 1. The van der Waals surface area contributed by atoms with Crippen LogP contribution in [0.1, 0.15) is 40.0 Å². The lowest BCUT2D eigenvalue weighted by Crippen LogP contribution is -2.05. The van der Waals surface area contributed by atoms with Gasteiger partial charge in [-0.2, -0.15) is 0 Å². The number of fused-ring (bicyclic) bond motifs is 1. The van der Waals surface area contributed by atoms with E-state index in [1.54, 1.807) is 12.1 Å². The van der Waals surface area contributed by atoms with Gasteiger partial charge in [-0.3, -0.25) is 4.98 Å². The molecule has 0 saturated heterocycles. The molecular formula is C17H14FNO2. The summed E-state index contributed by atoms with van der Waals surface area (Å²) in [6, 6.07) is 7.93. The quantitative estimate of drug-likeness (QED) is 0.935. The molecular weight excluding hydrogens is 269 g/mol. The monoisotopic (exact) mass is 283 g/mol. The lowest BCUT2D eigenvalue weighted by Gasteiger charge is -2.13. The third-order valence-corrected chi connectivity index (χ3v) is 3.95. The normalized spacial score (nSPS) is 14.5. The van der Waals surface area contributed by atoms with Crippen LogP contribution < -0.4 is 0 Å². The first-order chi connectivity index (χ1) is 10.1. The topological polar surface area (TPSA) is 50.2 Å². The summed E-state index contributed by atoms with van der Waals surface area (Å²) in [4.78, 5) is 15.5. The largest absolute Gasteiger partial charge is 0.478 e. The van der Waals surface area contributed by atoms with E-state index in [1.165, 1.54) is 24.4 Å². The zero-order valence-electron chi connectivity index (χ0n) is 11.5. The smallest absolute Gasteiger partial charge is 0.336 e. The van der Waals surface area contributed by atoms with Gasteiger partial charge in [-0.05, 0) is 41.8 Å². The van der Waals surface area contributed by atoms with Gasteiger partial charge in [0.05, 0.1) is 11.3 Å². The summed E-state index contributed by atoms with van der Waals surface area (Å²) in [6.07, 6.45) is 4.03. The molecule has 2 aromatic rings. The molecule has 3 nitrogen and oxygen atoms in total. The molecule has 0 radical (unpaired) electrons. The van der Waals surface area contributed by atoms with Crippen LogP contribution in [0.4, 0.5) is 4.39 Å². The van der Waals surface area contributed by atoms with Gasteiger partial charge in [-0.25, -0.2) is 9.18 Å². The van der Waals surface area contributed by atoms with Crippen LogP contribution in [0.2, 0.25) is 0 Å². The van der Waals surface area contributed by atoms with Crippen molar-refractivity contribution in [3.63, 3.8) is 0 Å². The van der Waals surface area contributed by atoms with Crippen LogP contribution in [0.15, 0.2) is 42.1 Å². The highest BCUT2D eigenvalue weighted by Gasteiger charge is 2.24. The minimum absolute atomic E-state index is 0.0986. The average molecular weight is 283 g/mol. The molecule has 0 aliphatic heterocycles. The van der Waals surface area contributed by atoms with E-state index in [-0.39, 0.29) is 11.7 Å². The van der Waals surface area contributed by atoms with Crippen LogP contribution in [0.3, 0.4) is 0 Å². The van der Waals surface area contributed by atoms with E-state index in [0.29, 0.717) is 12.0 Å². The predicted molar refractivity (Wildman–Crippen MR) is 77.7 cm³/mol. The number of carboxylic acids is 1. The summed E-state index contributed by atoms with van der Waals surface area (Å²) in [6.45, 7) is 2.03. The Morgan fingerprint density at radius 2 is 2.00 bits per heavy atom. The van der Waals surface area contributed by atoms with E-state index in [0.717, 1.165) is 22.4 Å². The van der Waals surface area contributed by atoms with Crippen molar-refractivity contribution in [1.29, 1.82) is 0 Å². The molecule has 0 spiro atoms. The Hall–Kier alpha value is -2.49. The fraction of sp³-hybridized carbons (Fsp3) is 0.176. The van der Waals surface area contributed by atoms with Gasteiger partial charge in [0.25, 0.3) is 0 Å². The predicted octanol–water partition coefficient (Wildman–Crippen LogP) is 3.66. The number of hydrogen-bond donors (Lipinski definition) is 1. The fourth-order valence-corrected chi connectivity index (χ4v) is 2.69. The van der Waals surface area contributed by atoms with E-state index in [9.17, 15) is 14.3 Å². The second-order valence-corrected chi connectivity index (χ2v) is 5.20. The van der Waals surface area contributed by atoms with Crippen LogP contribution in [0.25, 0.3) is 6.08 Å². The minimum Gasteiger partial charge on any atom is -0.478 e. The summed E-state index contributed by atoms with van der Waals surface area (Å²) in [5.74, 6) is -1.09. The second kappa shape index (κ2) is 5.13. The summed E-state index contributed by atoms with van der Waals surface area (Å²) in [5, 5.41) is 9.23. The van der Waals surface area contributed by atoms with Crippen molar-refractivity contribution in [3.8, 4) is 0 Å². The Labute approximate surface area is 121 Å². The lowest BCUT2D eigenvalue weighted by molar-refractivity contribution is 0.0695. The molecule has 1 N–H and O–H groups in total. The van der Waals surface area contributed by atoms with E-state index < -0.39 is 5.97 Å². The second-order valence-electron chi connectivity index (χ2n) is 5.20. The Balaban J connectivity index is 1.91. The highest BCUT2D eigenvalue weighted by Crippen LogP contribution is 2.35. The summed E-state index contributed by atoms with van der Waals surface area (Å²) >= 11 is 0. The van der Waals surface area contributed by atoms with Crippen LogP contribution in [-0.2, 0) is 6.42 Å². The molecule has 1 aliphatic rings. The molecule has 1 unspecified atom stereocenters. The molecule has 0 saturated carbocycles. The van der Waals surface area contributed by atoms with Crippen molar-refractivity contribution in [2.45, 2.75) is 19.3 Å². The van der Waals surface area contributed by atoms with Crippen LogP contribution in [0, 0.1) is 5.82 Å². The first-order valence-corrected chi connectivity index (χ1v) is 6.73. The number of carbonyl (C=O) groups is 1. The zero-order chi connectivity index (χ0) is 15.0. The number of aromatic carboxylic acids is 1. The van der Waals surface area contributed by atoms with Gasteiger partial charge in [0.1, 0.15) is 5.82 Å². The van der Waals surface area contributed by atoms with E-state index in [1.807, 2.05) is 13.0 Å². The number of halogens is 1. The first-order valence-electron chi connectivity index (χ1n) is 6.73. The molecule has 21 heavy (non-hydrogen) atoms. The molecule has 1 aromatic heterocycles. The number of allylic oxidation sites excluding steroid dienone is 1. The molecule has 106 valence electrons. The van der Waals surface area contributed by atoms with E-state index in [4.69, 9.17) is 0 Å². The van der Waals surface area contributed by atoms with Gasteiger partial charge < -0.3 is 5.11 Å². The maximum Gasteiger partial charge on any atom is 0.336 e. The van der Waals surface area contributed by atoms with Gasteiger partial charge in [-0.1, -0.05) is 24.6 Å². The molecule has 1 atom stereocenters. The number of rotatable bonds is 3. The molecule has 0 fully saturated rings. The summed E-state index contributed by atoms with van der Waals surface area (Å²) < 4.78 is 13.0. The van der Waals surface area contributed by atoms with Crippen LogP contribution in [0.5, 0.6) is 0 Å². The number of aromatic nitrogens is 1. The molecule has 1 heterocycles. The van der Waals surface area contributed by atoms with Crippen molar-refractivity contribution >= 4 is 12.0 Å². The number of nitrogens with zero attached hydrogens (tertiary/aromatic N) is 1. The van der Waals surface area contributed by atoms with Crippen molar-refractivity contribution in [2.75, 3.05) is 0 Å². The summed E-state index contributed by atoms with van der Waals surface area (Å²) in [5.41, 5.74) is 3.88. The molecule has 0 bridgehead atoms. The van der Waals surface area contributed by atoms with E-state index >= 15 is 0 Å². The standard InChI is InChI=1S/C17H14FNO2/c1-10(11-2-4-13(18)5-3-11)12-8-15-14(17(20)21)6-7-19-16(15)9-12/h2-7,9-10H,8H2,1H3,(H,20,21). The highest BCUT2D eigenvalue weighted by molar-refractivity contribution is 5.91. The fourth-order valence-electron chi connectivity index (χ4n) is 2.69. The Kier molecular flexibility index (Phi) is 3.29. The molecule has 0 amide bonds. The van der Waals surface area contributed by atoms with Crippen molar-refractivity contribution < 1.29 is 14.3 Å². The third-order valence-electron chi connectivity index (χ3n) is 3.95. The Bertz CT molecular complexity index is 735.